The van der Waals surface area contributed by atoms with Crippen LogP contribution in [0.2, 0.25) is 0 Å². The largest absolute Gasteiger partial charge is 0.513 e. The average Bonchev–Trinajstić information content (AvgIpc) is 2.36. The Labute approximate surface area is 114 Å². The highest BCUT2D eigenvalue weighted by Crippen LogP contribution is 2.11. The van der Waals surface area contributed by atoms with Gasteiger partial charge in [-0.15, -0.1) is 0 Å². The summed E-state index contributed by atoms with van der Waals surface area (Å²) in [6.07, 6.45) is 7.61. The van der Waals surface area contributed by atoms with Gasteiger partial charge in [0.25, 0.3) is 0 Å². The zero-order valence-electron chi connectivity index (χ0n) is 10.7. The van der Waals surface area contributed by atoms with Crippen LogP contribution in [0.1, 0.15) is 19.4 Å². The Morgan fingerprint density at radius 3 is 2.44 bits per heavy atom. The van der Waals surface area contributed by atoms with Gasteiger partial charge in [0, 0.05) is 5.69 Å². The van der Waals surface area contributed by atoms with E-state index >= 15 is 0 Å². The zero-order chi connectivity index (χ0) is 13.4. The van der Waals surface area contributed by atoms with Crippen LogP contribution < -0.4 is 5.32 Å². The van der Waals surface area contributed by atoms with E-state index in [1.165, 1.54) is 0 Å². The average molecular weight is 261 g/mol. The first-order valence-electron chi connectivity index (χ1n) is 5.79. The van der Waals surface area contributed by atoms with Gasteiger partial charge in [0.2, 0.25) is 0 Å². The Morgan fingerprint density at radius 1 is 1.22 bits per heavy atom. The minimum Gasteiger partial charge on any atom is -0.513 e. The lowest BCUT2D eigenvalue weighted by Gasteiger charge is -2.02. The maximum absolute atomic E-state index is 9.05. The van der Waals surface area contributed by atoms with Gasteiger partial charge in [-0.3, -0.25) is 0 Å². The predicted molar refractivity (Wildman–Crippen MR) is 83.1 cm³/mol. The smallest absolute Gasteiger partial charge is 0.0891 e. The maximum Gasteiger partial charge on any atom is 0.0891 e. The van der Waals surface area contributed by atoms with Crippen molar-refractivity contribution in [1.29, 1.82) is 0 Å². The lowest BCUT2D eigenvalue weighted by molar-refractivity contribution is 0.414. The van der Waals surface area contributed by atoms with Crippen molar-refractivity contribution in [2.45, 2.75) is 13.8 Å². The molecule has 2 nitrogen and oxygen atoms in total. The monoisotopic (exact) mass is 261 g/mol. The molecule has 0 atom stereocenters. The third-order valence-corrected chi connectivity index (χ3v) is 2.48. The van der Waals surface area contributed by atoms with Crippen molar-refractivity contribution in [2.75, 3.05) is 11.2 Å². The lowest BCUT2D eigenvalue weighted by atomic mass is 10.1. The Balaban J connectivity index is 2.67. The van der Waals surface area contributed by atoms with Crippen molar-refractivity contribution in [1.82, 2.24) is 0 Å². The van der Waals surface area contributed by atoms with Crippen molar-refractivity contribution < 1.29 is 5.11 Å². The van der Waals surface area contributed by atoms with Gasteiger partial charge < -0.3 is 10.4 Å². The van der Waals surface area contributed by atoms with Gasteiger partial charge in [-0.1, -0.05) is 35.9 Å². The fraction of sp³-hybridized carbons (Fsp3) is 0.200. The molecule has 0 fully saturated rings. The van der Waals surface area contributed by atoms with Crippen LogP contribution in [0.15, 0.2) is 53.8 Å². The first-order chi connectivity index (χ1) is 8.61. The number of aliphatic hydroxyl groups excluding tert-OH is 1. The third kappa shape index (κ3) is 5.64. The molecule has 0 spiro atoms. The van der Waals surface area contributed by atoms with Gasteiger partial charge >= 0.3 is 0 Å². The second-order valence-corrected chi connectivity index (χ2v) is 4.33. The van der Waals surface area contributed by atoms with Crippen LogP contribution in [-0.4, -0.2) is 11.0 Å². The van der Waals surface area contributed by atoms with E-state index in [0.29, 0.717) is 11.6 Å². The van der Waals surface area contributed by atoms with Gasteiger partial charge in [0.05, 0.1) is 11.6 Å². The van der Waals surface area contributed by atoms with Gasteiger partial charge in [-0.2, -0.15) is 12.6 Å². The number of hydrogen-bond donors (Lipinski definition) is 3. The van der Waals surface area contributed by atoms with Gasteiger partial charge in [0.1, 0.15) is 0 Å². The number of aliphatic hydroxyl groups is 1. The standard InChI is InChI=1S/C15H19NOS/c1-12(3-5-13(2)17)4-6-14-7-9-15(10-8-14)16-11-18/h3-10,16-18H,11H2,1-2H3/b6-4+,12-3+,13-5+. The molecule has 0 aromatic heterocycles. The molecule has 0 heterocycles. The van der Waals surface area contributed by atoms with Crippen LogP contribution in [0.4, 0.5) is 5.69 Å². The number of rotatable bonds is 5. The summed E-state index contributed by atoms with van der Waals surface area (Å²) in [5.74, 6) is 0.939. The molecule has 3 heteroatoms. The normalized spacial score (nSPS) is 13.1. The third-order valence-electron chi connectivity index (χ3n) is 2.32. The summed E-state index contributed by atoms with van der Waals surface area (Å²) in [6.45, 7) is 3.65. The molecule has 0 aliphatic carbocycles. The summed E-state index contributed by atoms with van der Waals surface area (Å²) in [7, 11) is 0. The molecule has 0 saturated heterocycles. The Bertz CT molecular complexity index is 454. The fourth-order valence-electron chi connectivity index (χ4n) is 1.34. The number of thiol groups is 1. The minimum atomic E-state index is 0.310. The number of nitrogens with one attached hydrogen (secondary N) is 1. The molecule has 0 aliphatic rings. The van der Waals surface area contributed by atoms with Crippen LogP contribution in [0, 0.1) is 0 Å². The van der Waals surface area contributed by atoms with Crippen LogP contribution in [0.3, 0.4) is 0 Å². The van der Waals surface area contributed by atoms with E-state index in [9.17, 15) is 0 Å². The van der Waals surface area contributed by atoms with Crippen molar-refractivity contribution >= 4 is 24.4 Å². The van der Waals surface area contributed by atoms with Crippen molar-refractivity contribution in [3.63, 3.8) is 0 Å². The highest BCUT2D eigenvalue weighted by Gasteiger charge is 1.90. The van der Waals surface area contributed by atoms with Crippen molar-refractivity contribution in [2.24, 2.45) is 0 Å². The Hall–Kier alpha value is -1.61. The summed E-state index contributed by atoms with van der Waals surface area (Å²) in [5.41, 5.74) is 3.28. The minimum absolute atomic E-state index is 0.310. The van der Waals surface area contributed by atoms with E-state index in [1.54, 1.807) is 13.0 Å². The number of anilines is 1. The second-order valence-electron chi connectivity index (χ2n) is 4.01. The molecular weight excluding hydrogens is 242 g/mol. The molecule has 1 aromatic rings. The van der Waals surface area contributed by atoms with Gasteiger partial charge in [-0.05, 0) is 37.6 Å². The highest BCUT2D eigenvalue weighted by atomic mass is 32.1. The van der Waals surface area contributed by atoms with E-state index in [0.717, 1.165) is 16.8 Å². The summed E-state index contributed by atoms with van der Waals surface area (Å²) in [6, 6.07) is 8.13. The molecule has 18 heavy (non-hydrogen) atoms. The molecule has 0 unspecified atom stereocenters. The molecule has 0 amide bonds. The van der Waals surface area contributed by atoms with Crippen molar-refractivity contribution in [3.8, 4) is 0 Å². The van der Waals surface area contributed by atoms with E-state index in [-0.39, 0.29) is 0 Å². The number of allylic oxidation sites excluding steroid dienone is 5. The first-order valence-corrected chi connectivity index (χ1v) is 6.42. The van der Waals surface area contributed by atoms with Crippen molar-refractivity contribution in [3.05, 3.63) is 59.4 Å². The predicted octanol–water partition coefficient (Wildman–Crippen LogP) is 4.41. The van der Waals surface area contributed by atoms with Crippen LogP contribution >= 0.6 is 12.6 Å². The number of hydrogen-bond acceptors (Lipinski definition) is 3. The maximum atomic E-state index is 9.05. The number of benzene rings is 1. The highest BCUT2D eigenvalue weighted by molar-refractivity contribution is 7.80. The van der Waals surface area contributed by atoms with Crippen LogP contribution in [0.5, 0.6) is 0 Å². The van der Waals surface area contributed by atoms with Crippen LogP contribution in [-0.2, 0) is 0 Å². The van der Waals surface area contributed by atoms with Gasteiger partial charge in [0.15, 0.2) is 0 Å². The van der Waals surface area contributed by atoms with E-state index in [1.807, 2.05) is 49.4 Å². The van der Waals surface area contributed by atoms with Gasteiger partial charge in [-0.25, -0.2) is 0 Å². The zero-order valence-corrected chi connectivity index (χ0v) is 11.6. The van der Waals surface area contributed by atoms with E-state index < -0.39 is 0 Å². The quantitative estimate of drug-likeness (QED) is 0.317. The molecule has 0 radical (unpaired) electrons. The molecule has 1 rings (SSSR count). The summed E-state index contributed by atoms with van der Waals surface area (Å²) in [5, 5.41) is 12.2. The topological polar surface area (TPSA) is 32.3 Å². The van der Waals surface area contributed by atoms with Crippen LogP contribution in [0.25, 0.3) is 6.08 Å². The fourth-order valence-corrected chi connectivity index (χ4v) is 1.52. The molecular formula is C15H19NOS. The SMILES string of the molecule is C\C(O)=C/C=C(C)/C=C/c1ccc(NCS)cc1. The second kappa shape index (κ2) is 7.67. The lowest BCUT2D eigenvalue weighted by Crippen LogP contribution is -1.93. The molecule has 0 saturated carbocycles. The molecule has 0 aliphatic heterocycles. The first kappa shape index (κ1) is 14.5. The summed E-state index contributed by atoms with van der Waals surface area (Å²) in [4.78, 5) is 0. The summed E-state index contributed by atoms with van der Waals surface area (Å²) < 4.78 is 0. The Kier molecular flexibility index (Phi) is 6.15. The molecule has 96 valence electrons. The molecule has 0 bridgehead atoms. The molecule has 1 aromatic carbocycles. The molecule has 2 N–H and O–H groups in total. The summed E-state index contributed by atoms with van der Waals surface area (Å²) >= 11 is 4.11. The Morgan fingerprint density at radius 2 is 1.89 bits per heavy atom. The van der Waals surface area contributed by atoms with E-state index in [2.05, 4.69) is 17.9 Å². The van der Waals surface area contributed by atoms with E-state index in [4.69, 9.17) is 5.11 Å².